The Morgan fingerprint density at radius 1 is 1.38 bits per heavy atom. The van der Waals surface area contributed by atoms with Crippen LogP contribution in [0.4, 0.5) is 17.6 Å². The number of rotatable bonds is 3. The average Bonchev–Trinajstić information content (AvgIpc) is 2.41. The molecule has 0 saturated carbocycles. The van der Waals surface area contributed by atoms with Crippen molar-refractivity contribution in [3.63, 3.8) is 0 Å². The number of carbonyl (C=O) groups excluding carboxylic acids is 1. The van der Waals surface area contributed by atoms with Crippen molar-refractivity contribution in [1.82, 2.24) is 4.90 Å². The molecule has 0 aliphatic rings. The smallest absolute Gasteiger partial charge is 0.341 e. The summed E-state index contributed by atoms with van der Waals surface area (Å²) in [6, 6.07) is 3.56. The molecule has 0 aliphatic carbocycles. The van der Waals surface area contributed by atoms with Crippen LogP contribution >= 0.6 is 0 Å². The summed E-state index contributed by atoms with van der Waals surface area (Å²) in [5.41, 5.74) is 5.21. The Balaban J connectivity index is 2.81. The second kappa shape index (κ2) is 7.09. The molecule has 114 valence electrons. The van der Waals surface area contributed by atoms with Crippen molar-refractivity contribution in [3.05, 3.63) is 35.1 Å². The molecule has 0 fully saturated rings. The lowest BCUT2D eigenvalue weighted by atomic mass is 10.1. The van der Waals surface area contributed by atoms with Crippen LogP contribution in [-0.2, 0) is 0 Å². The summed E-state index contributed by atoms with van der Waals surface area (Å²) in [4.78, 5) is 12.8. The third-order valence-electron chi connectivity index (χ3n) is 2.62. The molecule has 0 saturated heterocycles. The molecule has 0 atom stereocenters. The van der Waals surface area contributed by atoms with Crippen LogP contribution in [0.15, 0.2) is 18.2 Å². The maximum Gasteiger partial charge on any atom is 0.390 e. The zero-order chi connectivity index (χ0) is 16.0. The lowest BCUT2D eigenvalue weighted by Crippen LogP contribution is -2.30. The van der Waals surface area contributed by atoms with E-state index in [0.29, 0.717) is 0 Å². The van der Waals surface area contributed by atoms with Gasteiger partial charge in [-0.3, -0.25) is 4.79 Å². The predicted octanol–water partition coefficient (Wildman–Crippen LogP) is 2.16. The Labute approximate surface area is 119 Å². The van der Waals surface area contributed by atoms with Gasteiger partial charge in [0, 0.05) is 19.2 Å². The van der Waals surface area contributed by atoms with Gasteiger partial charge in [0.25, 0.3) is 5.91 Å². The maximum atomic E-state index is 13.7. The molecule has 1 rings (SSSR count). The van der Waals surface area contributed by atoms with Crippen LogP contribution in [0.1, 0.15) is 22.3 Å². The van der Waals surface area contributed by atoms with Crippen molar-refractivity contribution < 1.29 is 22.4 Å². The van der Waals surface area contributed by atoms with E-state index in [0.717, 1.165) is 11.0 Å². The van der Waals surface area contributed by atoms with Crippen LogP contribution in [-0.4, -0.2) is 37.1 Å². The van der Waals surface area contributed by atoms with Gasteiger partial charge >= 0.3 is 6.18 Å². The number of benzene rings is 1. The molecular formula is C14H14F4N2O. The van der Waals surface area contributed by atoms with Gasteiger partial charge in [-0.1, -0.05) is 11.8 Å². The SMILES string of the molecule is CN(CCC(F)(F)F)C(=O)c1ccc(C#CCN)c(F)c1. The van der Waals surface area contributed by atoms with Crippen molar-refractivity contribution in [3.8, 4) is 11.8 Å². The Morgan fingerprint density at radius 3 is 2.57 bits per heavy atom. The number of nitrogens with zero attached hydrogens (tertiary/aromatic N) is 1. The molecule has 0 aromatic heterocycles. The number of amides is 1. The van der Waals surface area contributed by atoms with Crippen LogP contribution in [0.2, 0.25) is 0 Å². The second-order valence-corrected chi connectivity index (χ2v) is 4.29. The Bertz CT molecular complexity index is 573. The molecule has 0 spiro atoms. The van der Waals surface area contributed by atoms with Gasteiger partial charge in [-0.25, -0.2) is 4.39 Å². The fourth-order valence-corrected chi connectivity index (χ4v) is 1.51. The van der Waals surface area contributed by atoms with Gasteiger partial charge in [-0.2, -0.15) is 13.2 Å². The first-order valence-corrected chi connectivity index (χ1v) is 6.05. The van der Waals surface area contributed by atoms with Gasteiger partial charge < -0.3 is 10.6 Å². The van der Waals surface area contributed by atoms with Gasteiger partial charge in [-0.15, -0.1) is 0 Å². The van der Waals surface area contributed by atoms with Crippen LogP contribution in [0, 0.1) is 17.7 Å². The summed E-state index contributed by atoms with van der Waals surface area (Å²) in [5, 5.41) is 0. The van der Waals surface area contributed by atoms with E-state index in [4.69, 9.17) is 5.73 Å². The molecule has 0 bridgehead atoms. The van der Waals surface area contributed by atoms with E-state index in [1.54, 1.807) is 0 Å². The highest BCUT2D eigenvalue weighted by Crippen LogP contribution is 2.20. The summed E-state index contributed by atoms with van der Waals surface area (Å²) in [5.74, 6) is 3.56. The lowest BCUT2D eigenvalue weighted by molar-refractivity contribution is -0.136. The monoisotopic (exact) mass is 302 g/mol. The number of hydrogen-bond donors (Lipinski definition) is 1. The number of hydrogen-bond acceptors (Lipinski definition) is 2. The molecule has 2 N–H and O–H groups in total. The lowest BCUT2D eigenvalue weighted by Gasteiger charge is -2.18. The Morgan fingerprint density at radius 2 is 2.05 bits per heavy atom. The van der Waals surface area contributed by atoms with E-state index < -0.39 is 30.9 Å². The van der Waals surface area contributed by atoms with Crippen LogP contribution in [0.5, 0.6) is 0 Å². The zero-order valence-corrected chi connectivity index (χ0v) is 11.3. The molecule has 0 unspecified atom stereocenters. The quantitative estimate of drug-likeness (QED) is 0.687. The topological polar surface area (TPSA) is 46.3 Å². The summed E-state index contributed by atoms with van der Waals surface area (Å²) in [6.07, 6.45) is -5.46. The van der Waals surface area contributed by atoms with Gasteiger partial charge in [0.2, 0.25) is 0 Å². The first-order chi connectivity index (χ1) is 9.74. The average molecular weight is 302 g/mol. The van der Waals surface area contributed by atoms with Gasteiger partial charge in [0.15, 0.2) is 0 Å². The number of alkyl halides is 3. The van der Waals surface area contributed by atoms with E-state index in [1.165, 1.54) is 19.2 Å². The van der Waals surface area contributed by atoms with Gasteiger partial charge in [-0.05, 0) is 18.2 Å². The van der Waals surface area contributed by atoms with E-state index >= 15 is 0 Å². The number of nitrogens with two attached hydrogens (primary N) is 1. The summed E-state index contributed by atoms with van der Waals surface area (Å²) in [7, 11) is 1.23. The van der Waals surface area contributed by atoms with E-state index in [2.05, 4.69) is 11.8 Å². The third kappa shape index (κ3) is 5.44. The minimum atomic E-state index is -4.35. The highest BCUT2D eigenvalue weighted by molar-refractivity contribution is 5.94. The summed E-state index contributed by atoms with van der Waals surface area (Å²) >= 11 is 0. The zero-order valence-electron chi connectivity index (χ0n) is 11.3. The summed E-state index contributed by atoms with van der Waals surface area (Å²) < 4.78 is 50.0. The van der Waals surface area contributed by atoms with Crippen molar-refractivity contribution in [2.75, 3.05) is 20.1 Å². The third-order valence-corrected chi connectivity index (χ3v) is 2.62. The molecule has 0 radical (unpaired) electrons. The van der Waals surface area contributed by atoms with Crippen molar-refractivity contribution in [1.29, 1.82) is 0 Å². The standard InChI is InChI=1S/C14H14F4N2O/c1-20(8-6-14(16,17)18)13(21)11-5-4-10(3-2-7-19)12(15)9-11/h4-5,9H,6-8,19H2,1H3. The largest absolute Gasteiger partial charge is 0.390 e. The molecule has 21 heavy (non-hydrogen) atoms. The van der Waals surface area contributed by atoms with Crippen molar-refractivity contribution >= 4 is 5.91 Å². The van der Waals surface area contributed by atoms with Crippen molar-refractivity contribution in [2.24, 2.45) is 5.73 Å². The van der Waals surface area contributed by atoms with Gasteiger partial charge in [0.05, 0.1) is 18.5 Å². The number of carbonyl (C=O) groups is 1. The Hall–Kier alpha value is -2.07. The molecule has 1 aromatic carbocycles. The van der Waals surface area contributed by atoms with E-state index in [-0.39, 0.29) is 17.7 Å². The van der Waals surface area contributed by atoms with Crippen LogP contribution < -0.4 is 5.73 Å². The molecule has 0 heterocycles. The minimum Gasteiger partial charge on any atom is -0.341 e. The fourth-order valence-electron chi connectivity index (χ4n) is 1.51. The van der Waals surface area contributed by atoms with Gasteiger partial charge in [0.1, 0.15) is 5.82 Å². The maximum absolute atomic E-state index is 13.7. The van der Waals surface area contributed by atoms with Crippen molar-refractivity contribution in [2.45, 2.75) is 12.6 Å². The highest BCUT2D eigenvalue weighted by Gasteiger charge is 2.28. The molecular weight excluding hydrogens is 288 g/mol. The second-order valence-electron chi connectivity index (χ2n) is 4.29. The number of halogens is 4. The van der Waals surface area contributed by atoms with E-state index in [1.807, 2.05) is 0 Å². The van der Waals surface area contributed by atoms with Crippen LogP contribution in [0.3, 0.4) is 0 Å². The summed E-state index contributed by atoms with van der Waals surface area (Å²) in [6.45, 7) is -0.418. The fraction of sp³-hybridized carbons (Fsp3) is 0.357. The first-order valence-electron chi connectivity index (χ1n) is 6.05. The van der Waals surface area contributed by atoms with E-state index in [9.17, 15) is 22.4 Å². The molecule has 1 aromatic rings. The van der Waals surface area contributed by atoms with Crippen LogP contribution in [0.25, 0.3) is 0 Å². The molecule has 3 nitrogen and oxygen atoms in total. The molecule has 0 aliphatic heterocycles. The minimum absolute atomic E-state index is 0.0320. The Kier molecular flexibility index (Phi) is 5.73. The normalized spacial score (nSPS) is 10.8. The molecule has 7 heteroatoms. The highest BCUT2D eigenvalue weighted by atomic mass is 19.4. The first kappa shape index (κ1) is 17.0. The molecule has 1 amide bonds. The predicted molar refractivity (Wildman–Crippen MR) is 70.0 cm³/mol.